The molecule has 5 nitrogen and oxygen atoms in total. The molecule has 0 aliphatic rings. The lowest BCUT2D eigenvalue weighted by molar-refractivity contribution is -0.119. The van der Waals surface area contributed by atoms with E-state index in [1.165, 1.54) is 0 Å². The molecule has 5 heteroatoms. The first-order valence-electron chi connectivity index (χ1n) is 5.68. The van der Waals surface area contributed by atoms with E-state index in [1.807, 2.05) is 25.1 Å². The summed E-state index contributed by atoms with van der Waals surface area (Å²) in [7, 11) is 0. The molecule has 90 valence electrons. The summed E-state index contributed by atoms with van der Waals surface area (Å²) in [5, 5.41) is 10.7. The molecule has 0 radical (unpaired) electrons. The fraction of sp³-hybridized carbons (Fsp3) is 0.333. The van der Waals surface area contributed by atoms with Crippen LogP contribution < -0.4 is 11.1 Å². The van der Waals surface area contributed by atoms with E-state index in [4.69, 9.17) is 5.73 Å². The number of hydrogen-bond acceptors (Lipinski definition) is 3. The number of carbonyl (C=O) groups excluding carboxylic acids is 1. The molecular weight excluding hydrogens is 216 g/mol. The van der Waals surface area contributed by atoms with Crippen LogP contribution in [0.1, 0.15) is 13.3 Å². The highest BCUT2D eigenvalue weighted by Gasteiger charge is 2.14. The Balaban J connectivity index is 2.14. The number of amides is 1. The minimum atomic E-state index is -0.132. The molecule has 0 spiro atoms. The smallest absolute Gasteiger partial charge is 0.228 e. The van der Waals surface area contributed by atoms with Crippen molar-refractivity contribution in [2.75, 3.05) is 11.9 Å². The molecule has 0 saturated heterocycles. The van der Waals surface area contributed by atoms with Crippen molar-refractivity contribution < 1.29 is 4.79 Å². The summed E-state index contributed by atoms with van der Waals surface area (Å²) in [6.45, 7) is 2.32. The normalized spacial score (nSPS) is 12.6. The number of aromatic amines is 1. The molecule has 2 rings (SSSR count). The van der Waals surface area contributed by atoms with Gasteiger partial charge in [-0.15, -0.1) is 0 Å². The maximum atomic E-state index is 11.8. The Morgan fingerprint density at radius 2 is 2.41 bits per heavy atom. The first kappa shape index (κ1) is 11.6. The average Bonchev–Trinajstić information content (AvgIpc) is 2.77. The van der Waals surface area contributed by atoms with Gasteiger partial charge in [-0.3, -0.25) is 9.89 Å². The zero-order valence-electron chi connectivity index (χ0n) is 9.73. The Labute approximate surface area is 99.4 Å². The number of H-pyrrole nitrogens is 1. The average molecular weight is 232 g/mol. The Morgan fingerprint density at radius 3 is 3.12 bits per heavy atom. The number of nitrogens with one attached hydrogen (secondary N) is 2. The molecule has 1 unspecified atom stereocenters. The number of rotatable bonds is 4. The number of hydrogen-bond donors (Lipinski definition) is 3. The molecule has 1 atom stereocenters. The summed E-state index contributed by atoms with van der Waals surface area (Å²) in [6, 6.07) is 5.64. The fourth-order valence-electron chi connectivity index (χ4n) is 1.72. The molecule has 0 bridgehead atoms. The number of fused-ring (bicyclic) bond motifs is 1. The highest BCUT2D eigenvalue weighted by Crippen LogP contribution is 2.17. The van der Waals surface area contributed by atoms with Crippen molar-refractivity contribution in [2.45, 2.75) is 13.3 Å². The Bertz CT molecular complexity index is 516. The van der Waals surface area contributed by atoms with Gasteiger partial charge in [0, 0.05) is 17.6 Å². The SMILES string of the molecule is CCC(CN)C(=O)Nc1ccc2cn[nH]c2c1. The van der Waals surface area contributed by atoms with Crippen molar-refractivity contribution in [3.8, 4) is 0 Å². The van der Waals surface area contributed by atoms with Crippen molar-refractivity contribution in [3.63, 3.8) is 0 Å². The molecule has 0 aliphatic carbocycles. The molecule has 17 heavy (non-hydrogen) atoms. The molecule has 1 heterocycles. The lowest BCUT2D eigenvalue weighted by atomic mass is 10.1. The summed E-state index contributed by atoms with van der Waals surface area (Å²) in [5.41, 5.74) is 7.20. The molecule has 0 aliphatic heterocycles. The molecule has 2 aromatic rings. The standard InChI is InChI=1S/C12H16N4O/c1-2-8(6-13)12(17)15-10-4-3-9-7-14-16-11(9)5-10/h3-5,7-8H,2,6,13H2,1H3,(H,14,16)(H,15,17). The molecule has 1 aromatic heterocycles. The van der Waals surface area contributed by atoms with Gasteiger partial charge in [-0.05, 0) is 24.6 Å². The summed E-state index contributed by atoms with van der Waals surface area (Å²) < 4.78 is 0. The van der Waals surface area contributed by atoms with E-state index in [1.54, 1.807) is 6.20 Å². The van der Waals surface area contributed by atoms with Crippen LogP contribution in [0.25, 0.3) is 10.9 Å². The van der Waals surface area contributed by atoms with Gasteiger partial charge < -0.3 is 11.1 Å². The quantitative estimate of drug-likeness (QED) is 0.746. The van der Waals surface area contributed by atoms with E-state index < -0.39 is 0 Å². The van der Waals surface area contributed by atoms with Gasteiger partial charge in [0.05, 0.1) is 17.6 Å². The third-order valence-electron chi connectivity index (χ3n) is 2.86. The van der Waals surface area contributed by atoms with Crippen molar-refractivity contribution in [3.05, 3.63) is 24.4 Å². The zero-order valence-corrected chi connectivity index (χ0v) is 9.73. The summed E-state index contributed by atoms with van der Waals surface area (Å²) in [6.07, 6.45) is 2.49. The highest BCUT2D eigenvalue weighted by molar-refractivity contribution is 5.94. The van der Waals surface area contributed by atoms with Gasteiger partial charge in [0.25, 0.3) is 0 Å². The van der Waals surface area contributed by atoms with Crippen LogP contribution in [-0.4, -0.2) is 22.6 Å². The van der Waals surface area contributed by atoms with Crippen LogP contribution in [0, 0.1) is 5.92 Å². The number of nitrogens with zero attached hydrogens (tertiary/aromatic N) is 1. The molecule has 1 aromatic carbocycles. The predicted octanol–water partition coefficient (Wildman–Crippen LogP) is 1.49. The van der Waals surface area contributed by atoms with Crippen molar-refractivity contribution in [2.24, 2.45) is 11.7 Å². The van der Waals surface area contributed by atoms with Crippen LogP contribution in [0.2, 0.25) is 0 Å². The first-order valence-corrected chi connectivity index (χ1v) is 5.68. The van der Waals surface area contributed by atoms with Crippen LogP contribution in [0.3, 0.4) is 0 Å². The van der Waals surface area contributed by atoms with E-state index in [0.717, 1.165) is 23.0 Å². The van der Waals surface area contributed by atoms with Gasteiger partial charge >= 0.3 is 0 Å². The third-order valence-corrected chi connectivity index (χ3v) is 2.86. The Kier molecular flexibility index (Phi) is 3.39. The van der Waals surface area contributed by atoms with Crippen LogP contribution in [0.4, 0.5) is 5.69 Å². The number of nitrogens with two attached hydrogens (primary N) is 1. The van der Waals surface area contributed by atoms with Gasteiger partial charge in [-0.25, -0.2) is 0 Å². The second-order valence-corrected chi connectivity index (χ2v) is 4.00. The predicted molar refractivity (Wildman–Crippen MR) is 67.6 cm³/mol. The molecular formula is C12H16N4O. The third kappa shape index (κ3) is 2.45. The lowest BCUT2D eigenvalue weighted by Crippen LogP contribution is -2.28. The summed E-state index contributed by atoms with van der Waals surface area (Å²) >= 11 is 0. The molecule has 0 fully saturated rings. The van der Waals surface area contributed by atoms with E-state index in [9.17, 15) is 4.79 Å². The summed E-state index contributed by atoms with van der Waals surface area (Å²) in [5.74, 6) is -0.165. The number of anilines is 1. The van der Waals surface area contributed by atoms with Gasteiger partial charge in [0.15, 0.2) is 0 Å². The first-order chi connectivity index (χ1) is 8.24. The molecule has 4 N–H and O–H groups in total. The van der Waals surface area contributed by atoms with Crippen LogP contribution in [0.15, 0.2) is 24.4 Å². The van der Waals surface area contributed by atoms with Gasteiger partial charge in [0.2, 0.25) is 5.91 Å². The van der Waals surface area contributed by atoms with Crippen molar-refractivity contribution in [1.82, 2.24) is 10.2 Å². The topological polar surface area (TPSA) is 83.8 Å². The van der Waals surface area contributed by atoms with E-state index in [2.05, 4.69) is 15.5 Å². The van der Waals surface area contributed by atoms with Crippen LogP contribution in [0.5, 0.6) is 0 Å². The second-order valence-electron chi connectivity index (χ2n) is 4.00. The largest absolute Gasteiger partial charge is 0.330 e. The molecule has 0 saturated carbocycles. The minimum absolute atomic E-state index is 0.0335. The number of carbonyl (C=O) groups is 1. The number of aromatic nitrogens is 2. The van der Waals surface area contributed by atoms with Gasteiger partial charge in [0.1, 0.15) is 0 Å². The van der Waals surface area contributed by atoms with Crippen molar-refractivity contribution >= 4 is 22.5 Å². The van der Waals surface area contributed by atoms with E-state index in [0.29, 0.717) is 6.54 Å². The minimum Gasteiger partial charge on any atom is -0.330 e. The lowest BCUT2D eigenvalue weighted by Gasteiger charge is -2.12. The zero-order chi connectivity index (χ0) is 12.3. The van der Waals surface area contributed by atoms with Crippen LogP contribution in [-0.2, 0) is 4.79 Å². The number of benzene rings is 1. The van der Waals surface area contributed by atoms with Gasteiger partial charge in [-0.1, -0.05) is 6.92 Å². The maximum Gasteiger partial charge on any atom is 0.228 e. The Morgan fingerprint density at radius 1 is 1.59 bits per heavy atom. The van der Waals surface area contributed by atoms with Crippen molar-refractivity contribution in [1.29, 1.82) is 0 Å². The van der Waals surface area contributed by atoms with Crippen LogP contribution >= 0.6 is 0 Å². The van der Waals surface area contributed by atoms with E-state index in [-0.39, 0.29) is 11.8 Å². The highest BCUT2D eigenvalue weighted by atomic mass is 16.1. The monoisotopic (exact) mass is 232 g/mol. The summed E-state index contributed by atoms with van der Waals surface area (Å²) in [4.78, 5) is 11.8. The Hall–Kier alpha value is -1.88. The maximum absolute atomic E-state index is 11.8. The van der Waals surface area contributed by atoms with Gasteiger partial charge in [-0.2, -0.15) is 5.10 Å². The molecule has 1 amide bonds. The second kappa shape index (κ2) is 4.97. The fourth-order valence-corrected chi connectivity index (χ4v) is 1.72. The van der Waals surface area contributed by atoms with E-state index >= 15 is 0 Å².